The fraction of sp³-hybridized carbons (Fsp3) is 0.182. The van der Waals surface area contributed by atoms with Gasteiger partial charge in [0.05, 0.1) is 6.61 Å². The van der Waals surface area contributed by atoms with Gasteiger partial charge in [-0.1, -0.05) is 28.1 Å². The first kappa shape index (κ1) is 23.7. The molecule has 6 nitrogen and oxygen atoms in total. The second kappa shape index (κ2) is 11.1. The highest BCUT2D eigenvalue weighted by molar-refractivity contribution is 9.11. The molecule has 160 valence electrons. The molecule has 0 fully saturated rings. The maximum absolute atomic E-state index is 12.5. The highest BCUT2D eigenvalue weighted by atomic mass is 79.9. The van der Waals surface area contributed by atoms with Gasteiger partial charge in [0.25, 0.3) is 0 Å². The topological polar surface area (TPSA) is 89.4 Å². The van der Waals surface area contributed by atoms with Crippen LogP contribution in [-0.4, -0.2) is 40.0 Å². The third-order valence-electron chi connectivity index (χ3n) is 4.38. The molecule has 0 amide bonds. The Bertz CT molecular complexity index is 1120. The van der Waals surface area contributed by atoms with E-state index in [0.29, 0.717) is 30.0 Å². The van der Waals surface area contributed by atoms with Crippen LogP contribution in [0.2, 0.25) is 0 Å². The van der Waals surface area contributed by atoms with E-state index in [1.165, 1.54) is 0 Å². The van der Waals surface area contributed by atoms with Crippen molar-refractivity contribution in [2.45, 2.75) is 12.8 Å². The highest BCUT2D eigenvalue weighted by Gasteiger charge is 2.20. The molecular formula is C22H17Br3N2O4. The smallest absolute Gasteiger partial charge is 0.357 e. The average Bonchev–Trinajstić information content (AvgIpc) is 2.74. The summed E-state index contributed by atoms with van der Waals surface area (Å²) in [7, 11) is 0. The number of ether oxygens (including phenoxy) is 1. The molecule has 1 aliphatic rings. The van der Waals surface area contributed by atoms with Crippen LogP contribution in [0.1, 0.15) is 37.7 Å². The SMILES string of the molecule is O=C(c1ccccc1Br)c1ncc(Br)cc1CCO.O=C1OCCc2cc(Br)cnc21. The van der Waals surface area contributed by atoms with E-state index in [0.717, 1.165) is 31.0 Å². The molecule has 1 N–H and O–H groups in total. The lowest BCUT2D eigenvalue weighted by Gasteiger charge is -2.13. The van der Waals surface area contributed by atoms with Crippen molar-refractivity contribution in [1.29, 1.82) is 0 Å². The number of aliphatic hydroxyl groups excluding tert-OH is 1. The molecule has 0 radical (unpaired) electrons. The van der Waals surface area contributed by atoms with Gasteiger partial charge in [0.1, 0.15) is 5.69 Å². The molecular weight excluding hydrogens is 596 g/mol. The number of carbonyl (C=O) groups is 2. The van der Waals surface area contributed by atoms with Crippen LogP contribution in [0.4, 0.5) is 0 Å². The Morgan fingerprint density at radius 1 is 1.06 bits per heavy atom. The van der Waals surface area contributed by atoms with Crippen molar-refractivity contribution >= 4 is 59.5 Å². The monoisotopic (exact) mass is 610 g/mol. The molecule has 2 aromatic heterocycles. The minimum Gasteiger partial charge on any atom is -0.461 e. The molecule has 3 aromatic rings. The number of hydrogen-bond donors (Lipinski definition) is 1. The first-order valence-electron chi connectivity index (χ1n) is 9.26. The summed E-state index contributed by atoms with van der Waals surface area (Å²) in [6.45, 7) is 0.443. The van der Waals surface area contributed by atoms with Gasteiger partial charge in [0.15, 0.2) is 5.69 Å². The number of pyridine rings is 2. The normalized spacial score (nSPS) is 12.3. The summed E-state index contributed by atoms with van der Waals surface area (Å²) >= 11 is 9.98. The van der Waals surface area contributed by atoms with Crippen LogP contribution in [0, 0.1) is 0 Å². The number of halogens is 3. The summed E-state index contributed by atoms with van der Waals surface area (Å²) in [6, 6.07) is 10.9. The van der Waals surface area contributed by atoms with Crippen LogP contribution < -0.4 is 0 Å². The molecule has 0 bridgehead atoms. The summed E-state index contributed by atoms with van der Waals surface area (Å²) in [6.07, 6.45) is 4.35. The van der Waals surface area contributed by atoms with Crippen molar-refractivity contribution in [3.8, 4) is 0 Å². The van der Waals surface area contributed by atoms with E-state index in [4.69, 9.17) is 9.84 Å². The number of esters is 1. The molecule has 4 rings (SSSR count). The maximum atomic E-state index is 12.5. The zero-order valence-electron chi connectivity index (χ0n) is 16.1. The molecule has 0 unspecified atom stereocenters. The number of fused-ring (bicyclic) bond motifs is 1. The molecule has 9 heteroatoms. The lowest BCUT2D eigenvalue weighted by atomic mass is 10.0. The average molecular weight is 613 g/mol. The highest BCUT2D eigenvalue weighted by Crippen LogP contribution is 2.22. The predicted molar refractivity (Wildman–Crippen MR) is 126 cm³/mol. The van der Waals surface area contributed by atoms with Crippen molar-refractivity contribution in [3.63, 3.8) is 0 Å². The second-order valence-corrected chi connectivity index (χ2v) is 9.18. The van der Waals surface area contributed by atoms with Crippen LogP contribution in [-0.2, 0) is 17.6 Å². The lowest BCUT2D eigenvalue weighted by molar-refractivity contribution is 0.0471. The summed E-state index contributed by atoms with van der Waals surface area (Å²) < 4.78 is 7.25. The number of rotatable bonds is 4. The van der Waals surface area contributed by atoms with E-state index in [1.54, 1.807) is 18.5 Å². The Morgan fingerprint density at radius 2 is 1.77 bits per heavy atom. The van der Waals surface area contributed by atoms with Gasteiger partial charge < -0.3 is 9.84 Å². The number of aromatic nitrogens is 2. The van der Waals surface area contributed by atoms with Gasteiger partial charge in [0, 0.05) is 44.4 Å². The standard InChI is InChI=1S/C14H11Br2NO2.C8H6BrNO2/c15-10-7-9(5-6-18)13(17-8-10)14(19)11-3-1-2-4-12(11)16;9-6-3-5-1-2-12-8(11)7(5)10-4-6/h1-4,7-8,18H,5-6H2;3-4H,1-2H2. The molecule has 3 heterocycles. The summed E-state index contributed by atoms with van der Waals surface area (Å²) in [4.78, 5) is 31.7. The van der Waals surface area contributed by atoms with E-state index in [1.807, 2.05) is 30.3 Å². The van der Waals surface area contributed by atoms with Gasteiger partial charge in [0.2, 0.25) is 5.78 Å². The van der Waals surface area contributed by atoms with Crippen molar-refractivity contribution in [1.82, 2.24) is 9.97 Å². The summed E-state index contributed by atoms with van der Waals surface area (Å²) in [5.74, 6) is -0.466. The first-order valence-corrected chi connectivity index (χ1v) is 11.6. The van der Waals surface area contributed by atoms with Crippen LogP contribution in [0.5, 0.6) is 0 Å². The molecule has 0 saturated carbocycles. The number of hydrogen-bond acceptors (Lipinski definition) is 6. The molecule has 0 saturated heterocycles. The molecule has 31 heavy (non-hydrogen) atoms. The molecule has 0 aliphatic carbocycles. The number of nitrogens with zero attached hydrogens (tertiary/aromatic N) is 2. The van der Waals surface area contributed by atoms with E-state index in [9.17, 15) is 9.59 Å². The van der Waals surface area contributed by atoms with Gasteiger partial charge >= 0.3 is 5.97 Å². The first-order chi connectivity index (χ1) is 14.9. The summed E-state index contributed by atoms with van der Waals surface area (Å²) in [5.41, 5.74) is 3.09. The quantitative estimate of drug-likeness (QED) is 0.332. The number of carbonyl (C=O) groups excluding carboxylic acids is 2. The minimum absolute atomic E-state index is 0.0195. The van der Waals surface area contributed by atoms with Crippen LogP contribution in [0.3, 0.4) is 0 Å². The second-order valence-electron chi connectivity index (χ2n) is 6.49. The van der Waals surface area contributed by atoms with Crippen LogP contribution in [0.15, 0.2) is 62.2 Å². The van der Waals surface area contributed by atoms with E-state index >= 15 is 0 Å². The van der Waals surface area contributed by atoms with Crippen molar-refractivity contribution < 1.29 is 19.4 Å². The summed E-state index contributed by atoms with van der Waals surface area (Å²) in [5, 5.41) is 9.08. The zero-order chi connectivity index (χ0) is 22.4. The third-order valence-corrected chi connectivity index (χ3v) is 5.94. The van der Waals surface area contributed by atoms with E-state index in [-0.39, 0.29) is 18.4 Å². The van der Waals surface area contributed by atoms with Gasteiger partial charge in [-0.15, -0.1) is 0 Å². The van der Waals surface area contributed by atoms with Crippen molar-refractivity contribution in [2.24, 2.45) is 0 Å². The molecule has 1 aliphatic heterocycles. The Balaban J connectivity index is 0.000000194. The maximum Gasteiger partial charge on any atom is 0.357 e. The van der Waals surface area contributed by atoms with Crippen molar-refractivity contribution in [3.05, 3.63) is 90.3 Å². The van der Waals surface area contributed by atoms with Gasteiger partial charge in [-0.2, -0.15) is 0 Å². The zero-order valence-corrected chi connectivity index (χ0v) is 20.9. The fourth-order valence-electron chi connectivity index (χ4n) is 2.95. The van der Waals surface area contributed by atoms with Gasteiger partial charge in [-0.25, -0.2) is 9.78 Å². The third kappa shape index (κ3) is 6.06. The number of ketones is 1. The molecule has 0 spiro atoms. The van der Waals surface area contributed by atoms with Crippen LogP contribution in [0.25, 0.3) is 0 Å². The Hall–Kier alpha value is -1.94. The number of aliphatic hydroxyl groups is 1. The van der Waals surface area contributed by atoms with Gasteiger partial charge in [-0.3, -0.25) is 9.78 Å². The van der Waals surface area contributed by atoms with Gasteiger partial charge in [-0.05, 0) is 73.7 Å². The van der Waals surface area contributed by atoms with Crippen LogP contribution >= 0.6 is 47.8 Å². The van der Waals surface area contributed by atoms with Crippen molar-refractivity contribution in [2.75, 3.05) is 13.2 Å². The number of cyclic esters (lactones) is 1. The fourth-order valence-corrected chi connectivity index (χ4v) is 4.17. The lowest BCUT2D eigenvalue weighted by Crippen LogP contribution is -2.18. The Kier molecular flexibility index (Phi) is 8.48. The van der Waals surface area contributed by atoms with E-state index < -0.39 is 0 Å². The van der Waals surface area contributed by atoms with E-state index in [2.05, 4.69) is 57.8 Å². The Labute approximate surface area is 204 Å². The predicted octanol–water partition coefficient (Wildman–Crippen LogP) is 4.93. The largest absolute Gasteiger partial charge is 0.461 e. The molecule has 0 atom stereocenters. The Morgan fingerprint density at radius 3 is 2.52 bits per heavy atom. The molecule has 1 aromatic carbocycles. The number of benzene rings is 1. The minimum atomic E-state index is -0.316.